The minimum absolute atomic E-state index is 0.0873. The molecule has 0 bridgehead atoms. The first-order valence-corrected chi connectivity index (χ1v) is 7.49. The van der Waals surface area contributed by atoms with Gasteiger partial charge in [-0.05, 0) is 12.1 Å². The molecule has 2 N–H and O–H groups in total. The fraction of sp³-hybridized carbons (Fsp3) is 0.364. The number of nitrogens with two attached hydrogens (primary N) is 1. The van der Waals surface area contributed by atoms with Gasteiger partial charge in [-0.15, -0.1) is 0 Å². The van der Waals surface area contributed by atoms with E-state index in [-0.39, 0.29) is 27.4 Å². The monoisotopic (exact) mass is 306 g/mol. The minimum atomic E-state index is -3.61. The van der Waals surface area contributed by atoms with Crippen LogP contribution in [0.3, 0.4) is 0 Å². The molecule has 0 fully saturated rings. The van der Waals surface area contributed by atoms with Gasteiger partial charge in [-0.1, -0.05) is 42.9 Å². The molecule has 18 heavy (non-hydrogen) atoms. The van der Waals surface area contributed by atoms with Crippen LogP contribution in [-0.4, -0.2) is 31.3 Å². The van der Waals surface area contributed by atoms with Crippen LogP contribution < -0.4 is 5.73 Å². The number of hydrogen-bond donors (Lipinski definition) is 1. The van der Waals surface area contributed by atoms with E-state index in [0.717, 1.165) is 0 Å². The zero-order valence-corrected chi connectivity index (χ0v) is 12.5. The van der Waals surface area contributed by atoms with Crippen LogP contribution in [0, 0.1) is 5.92 Å². The van der Waals surface area contributed by atoms with Gasteiger partial charge in [0.25, 0.3) is 0 Å². The van der Waals surface area contributed by atoms with Crippen LogP contribution >= 0.6 is 23.8 Å². The zero-order valence-electron chi connectivity index (χ0n) is 10.1. The Kier molecular flexibility index (Phi) is 5.10. The van der Waals surface area contributed by atoms with Crippen molar-refractivity contribution in [2.75, 3.05) is 13.6 Å². The minimum Gasteiger partial charge on any atom is -0.393 e. The standard InChI is InChI=1S/C11H15ClN2O2S2/c1-8(11(13)17)7-14(2)18(15,16)10-6-4-3-5-9(10)12/h3-6,8H,7H2,1-2H3,(H2,13,17). The molecule has 0 spiro atoms. The van der Waals surface area contributed by atoms with E-state index in [1.807, 2.05) is 0 Å². The summed E-state index contributed by atoms with van der Waals surface area (Å²) in [6.45, 7) is 2.00. The third-order valence-corrected chi connectivity index (χ3v) is 5.27. The number of hydrogen-bond acceptors (Lipinski definition) is 3. The second-order valence-corrected chi connectivity index (χ2v) is 6.91. The maximum Gasteiger partial charge on any atom is 0.244 e. The highest BCUT2D eigenvalue weighted by molar-refractivity contribution is 7.89. The van der Waals surface area contributed by atoms with Crippen molar-refractivity contribution in [2.45, 2.75) is 11.8 Å². The van der Waals surface area contributed by atoms with Crippen molar-refractivity contribution in [3.05, 3.63) is 29.3 Å². The van der Waals surface area contributed by atoms with Crippen LogP contribution in [0.15, 0.2) is 29.2 Å². The summed E-state index contributed by atoms with van der Waals surface area (Å²) in [5, 5.41) is 0.201. The summed E-state index contributed by atoms with van der Waals surface area (Å²) in [7, 11) is -2.13. The Bertz CT molecular complexity index is 546. The first-order valence-electron chi connectivity index (χ1n) is 5.27. The summed E-state index contributed by atoms with van der Waals surface area (Å²) in [6.07, 6.45) is 0. The number of nitrogens with zero attached hydrogens (tertiary/aromatic N) is 1. The van der Waals surface area contributed by atoms with Gasteiger partial charge >= 0.3 is 0 Å². The lowest BCUT2D eigenvalue weighted by Crippen LogP contribution is -2.35. The Balaban J connectivity index is 3.01. The van der Waals surface area contributed by atoms with Crippen LogP contribution in [0.5, 0.6) is 0 Å². The average Bonchev–Trinajstić information content (AvgIpc) is 2.28. The van der Waals surface area contributed by atoms with Gasteiger partial charge in [-0.2, -0.15) is 0 Å². The predicted molar refractivity (Wildman–Crippen MR) is 77.2 cm³/mol. The lowest BCUT2D eigenvalue weighted by molar-refractivity contribution is 0.445. The van der Waals surface area contributed by atoms with Crippen molar-refractivity contribution in [2.24, 2.45) is 11.7 Å². The molecule has 1 atom stereocenters. The molecule has 4 nitrogen and oxygen atoms in total. The molecule has 0 saturated heterocycles. The van der Waals surface area contributed by atoms with Crippen molar-refractivity contribution in [1.82, 2.24) is 4.31 Å². The smallest absolute Gasteiger partial charge is 0.244 e. The second-order valence-electron chi connectivity index (χ2n) is 4.02. The Hall–Kier alpha value is -0.690. The van der Waals surface area contributed by atoms with Crippen LogP contribution in [0.4, 0.5) is 0 Å². The van der Waals surface area contributed by atoms with Crippen molar-refractivity contribution >= 4 is 38.8 Å². The number of benzene rings is 1. The molecule has 0 aromatic heterocycles. The van der Waals surface area contributed by atoms with E-state index in [9.17, 15) is 8.42 Å². The Morgan fingerprint density at radius 1 is 1.50 bits per heavy atom. The molecule has 0 saturated carbocycles. The van der Waals surface area contributed by atoms with Gasteiger partial charge in [0.1, 0.15) is 4.90 Å². The van der Waals surface area contributed by atoms with Gasteiger partial charge < -0.3 is 5.73 Å². The summed E-state index contributed by atoms with van der Waals surface area (Å²) in [6, 6.07) is 6.32. The van der Waals surface area contributed by atoms with Gasteiger partial charge in [-0.3, -0.25) is 0 Å². The second kappa shape index (κ2) is 5.97. The van der Waals surface area contributed by atoms with Crippen molar-refractivity contribution in [1.29, 1.82) is 0 Å². The molecule has 1 unspecified atom stereocenters. The summed E-state index contributed by atoms with van der Waals surface area (Å²) < 4.78 is 25.7. The van der Waals surface area contributed by atoms with E-state index in [2.05, 4.69) is 0 Å². The molecule has 0 aliphatic carbocycles. The predicted octanol–water partition coefficient (Wildman–Crippen LogP) is 1.88. The van der Waals surface area contributed by atoms with Gasteiger partial charge in [0.05, 0.1) is 10.0 Å². The molecule has 0 aliphatic rings. The molecule has 1 aromatic rings. The molecular weight excluding hydrogens is 292 g/mol. The van der Waals surface area contributed by atoms with Gasteiger partial charge in [-0.25, -0.2) is 12.7 Å². The van der Waals surface area contributed by atoms with Crippen molar-refractivity contribution in [3.63, 3.8) is 0 Å². The van der Waals surface area contributed by atoms with E-state index in [1.165, 1.54) is 17.4 Å². The number of rotatable bonds is 5. The molecule has 100 valence electrons. The highest BCUT2D eigenvalue weighted by Crippen LogP contribution is 2.23. The van der Waals surface area contributed by atoms with E-state index >= 15 is 0 Å². The lowest BCUT2D eigenvalue weighted by atomic mass is 10.2. The highest BCUT2D eigenvalue weighted by atomic mass is 35.5. The largest absolute Gasteiger partial charge is 0.393 e. The molecule has 1 aromatic carbocycles. The average molecular weight is 307 g/mol. The third kappa shape index (κ3) is 3.41. The molecule has 7 heteroatoms. The number of sulfonamides is 1. The summed E-state index contributed by atoms with van der Waals surface area (Å²) >= 11 is 10.7. The first-order chi connectivity index (χ1) is 8.26. The summed E-state index contributed by atoms with van der Waals surface area (Å²) in [4.78, 5) is 0.375. The molecule has 0 radical (unpaired) electrons. The maximum absolute atomic E-state index is 12.3. The lowest BCUT2D eigenvalue weighted by Gasteiger charge is -2.21. The van der Waals surface area contributed by atoms with E-state index in [1.54, 1.807) is 25.1 Å². The van der Waals surface area contributed by atoms with Crippen molar-refractivity contribution in [3.8, 4) is 0 Å². The van der Waals surface area contributed by atoms with Crippen LogP contribution in [0.2, 0.25) is 5.02 Å². The summed E-state index contributed by atoms with van der Waals surface area (Å²) in [5.41, 5.74) is 5.48. The normalized spacial score (nSPS) is 13.6. The topological polar surface area (TPSA) is 63.4 Å². The number of halogens is 1. The van der Waals surface area contributed by atoms with Gasteiger partial charge in [0.15, 0.2) is 0 Å². The fourth-order valence-corrected chi connectivity index (χ4v) is 3.22. The fourth-order valence-electron chi connectivity index (χ4n) is 1.40. The van der Waals surface area contributed by atoms with Gasteiger partial charge in [0.2, 0.25) is 10.0 Å². The van der Waals surface area contributed by atoms with E-state index in [4.69, 9.17) is 29.6 Å². The Morgan fingerprint density at radius 3 is 2.56 bits per heavy atom. The van der Waals surface area contributed by atoms with Crippen LogP contribution in [-0.2, 0) is 10.0 Å². The Morgan fingerprint density at radius 2 is 2.06 bits per heavy atom. The quantitative estimate of drug-likeness (QED) is 0.844. The van der Waals surface area contributed by atoms with Crippen LogP contribution in [0.25, 0.3) is 0 Å². The van der Waals surface area contributed by atoms with E-state index < -0.39 is 10.0 Å². The third-order valence-electron chi connectivity index (χ3n) is 2.54. The molecule has 1 rings (SSSR count). The van der Waals surface area contributed by atoms with E-state index in [0.29, 0.717) is 0 Å². The molecule has 0 amide bonds. The molecule has 0 aliphatic heterocycles. The van der Waals surface area contributed by atoms with Crippen molar-refractivity contribution < 1.29 is 8.42 Å². The molecular formula is C11H15ClN2O2S2. The highest BCUT2D eigenvalue weighted by Gasteiger charge is 2.25. The maximum atomic E-state index is 12.3. The number of thiocarbonyl (C=S) groups is 1. The Labute approximate surface area is 118 Å². The first kappa shape index (κ1) is 15.4. The summed E-state index contributed by atoms with van der Waals surface area (Å²) in [5.74, 6) is -0.192. The SMILES string of the molecule is CC(CN(C)S(=O)(=O)c1ccccc1Cl)C(N)=S. The van der Waals surface area contributed by atoms with Gasteiger partial charge in [0, 0.05) is 19.5 Å². The molecule has 0 heterocycles. The zero-order chi connectivity index (χ0) is 13.9. The van der Waals surface area contributed by atoms with Crippen LogP contribution in [0.1, 0.15) is 6.92 Å².